The number of halogens is 2. The van der Waals surface area contributed by atoms with E-state index in [1.807, 2.05) is 0 Å². The van der Waals surface area contributed by atoms with Crippen LogP contribution in [0.15, 0.2) is 36.8 Å². The Kier molecular flexibility index (Phi) is 5.59. The number of likely N-dealkylation sites (N-methyl/N-ethyl adjacent to an activating group) is 1. The zero-order chi connectivity index (χ0) is 21.5. The minimum atomic E-state index is -3.92. The van der Waals surface area contributed by atoms with Gasteiger partial charge in [-0.2, -0.15) is 22.5 Å². The summed E-state index contributed by atoms with van der Waals surface area (Å²) in [5.41, 5.74) is 1.10. The van der Waals surface area contributed by atoms with Crippen LogP contribution in [0.3, 0.4) is 0 Å². The molecule has 158 valence electrons. The van der Waals surface area contributed by atoms with Gasteiger partial charge in [0, 0.05) is 30.7 Å². The summed E-state index contributed by atoms with van der Waals surface area (Å²) in [5.74, 6) is -1.17. The Bertz CT molecular complexity index is 1180. The average Bonchev–Trinajstić information content (AvgIpc) is 3.38. The van der Waals surface area contributed by atoms with Crippen LogP contribution in [0.5, 0.6) is 0 Å². The number of aromatic nitrogens is 3. The lowest BCUT2D eigenvalue weighted by Crippen LogP contribution is -2.55. The number of aromatic amines is 1. The summed E-state index contributed by atoms with van der Waals surface area (Å²) in [7, 11) is -2.60. The molecule has 3 aromatic rings. The van der Waals surface area contributed by atoms with E-state index in [1.54, 1.807) is 18.6 Å². The van der Waals surface area contributed by atoms with Crippen molar-refractivity contribution in [3.8, 4) is 10.4 Å². The number of thiazole rings is 1. The molecule has 0 saturated carbocycles. The summed E-state index contributed by atoms with van der Waals surface area (Å²) in [4.78, 5) is 18.0. The molecule has 0 aliphatic carbocycles. The molecule has 1 aromatic carbocycles. The molecule has 9 nitrogen and oxygen atoms in total. The van der Waals surface area contributed by atoms with E-state index in [1.165, 1.54) is 30.5 Å². The molecule has 2 unspecified atom stereocenters. The van der Waals surface area contributed by atoms with Crippen LogP contribution in [0.4, 0.5) is 10.1 Å². The van der Waals surface area contributed by atoms with Crippen molar-refractivity contribution >= 4 is 44.7 Å². The maximum Gasteiger partial charge on any atom is 0.280 e. The van der Waals surface area contributed by atoms with Crippen molar-refractivity contribution in [2.24, 2.45) is 0 Å². The summed E-state index contributed by atoms with van der Waals surface area (Å²) < 4.78 is 42.1. The van der Waals surface area contributed by atoms with Crippen molar-refractivity contribution in [1.29, 1.82) is 0 Å². The molecule has 0 bridgehead atoms. The fraction of sp³-hybridized carbons (Fsp3) is 0.235. The SMILES string of the molecule is CN1C(C(=O)Nc2ccc(F)c(Cl)c2)CC(c2ncc(-c3cn[nH]c3)s2)NS1(=O)=O. The molecule has 2 atom stereocenters. The van der Waals surface area contributed by atoms with Crippen molar-refractivity contribution in [2.45, 2.75) is 18.5 Å². The number of anilines is 1. The lowest BCUT2D eigenvalue weighted by Gasteiger charge is -2.35. The smallest absolute Gasteiger partial charge is 0.280 e. The van der Waals surface area contributed by atoms with E-state index in [4.69, 9.17) is 11.6 Å². The van der Waals surface area contributed by atoms with E-state index in [-0.39, 0.29) is 17.1 Å². The molecule has 30 heavy (non-hydrogen) atoms. The number of carbonyl (C=O) groups excluding carboxylic acids is 1. The standard InChI is InChI=1S/C17H16ClFN6O3S2/c1-25-14(16(26)23-10-2-3-12(19)11(18)4-10)5-13(24-30(25,27)28)17-20-8-15(29-17)9-6-21-22-7-9/h2-4,6-8,13-14,24H,5H2,1H3,(H,21,22)(H,23,26). The van der Waals surface area contributed by atoms with Gasteiger partial charge in [-0.1, -0.05) is 11.6 Å². The van der Waals surface area contributed by atoms with E-state index in [2.05, 4.69) is 25.2 Å². The topological polar surface area (TPSA) is 120 Å². The second-order valence-corrected chi connectivity index (χ2v) is 9.84. The molecule has 0 spiro atoms. The molecule has 4 rings (SSSR count). The zero-order valence-electron chi connectivity index (χ0n) is 15.5. The van der Waals surface area contributed by atoms with Gasteiger partial charge in [-0.05, 0) is 24.6 Å². The van der Waals surface area contributed by atoms with Crippen molar-refractivity contribution in [2.75, 3.05) is 12.4 Å². The highest BCUT2D eigenvalue weighted by molar-refractivity contribution is 7.87. The first-order chi connectivity index (χ1) is 14.2. The minimum Gasteiger partial charge on any atom is -0.325 e. The van der Waals surface area contributed by atoms with Crippen LogP contribution in [0, 0.1) is 5.82 Å². The Morgan fingerprint density at radius 1 is 1.40 bits per heavy atom. The zero-order valence-corrected chi connectivity index (χ0v) is 17.9. The first kappa shape index (κ1) is 20.9. The maximum atomic E-state index is 13.3. The number of amides is 1. The average molecular weight is 471 g/mol. The number of hydrogen-bond donors (Lipinski definition) is 3. The van der Waals surface area contributed by atoms with Crippen LogP contribution >= 0.6 is 22.9 Å². The van der Waals surface area contributed by atoms with Gasteiger partial charge in [-0.15, -0.1) is 11.3 Å². The Labute approximate surface area is 180 Å². The van der Waals surface area contributed by atoms with Gasteiger partial charge in [-0.25, -0.2) is 9.37 Å². The monoisotopic (exact) mass is 470 g/mol. The molecular formula is C17H16ClFN6O3S2. The molecule has 1 aliphatic rings. The summed E-state index contributed by atoms with van der Waals surface area (Å²) in [5, 5.41) is 9.58. The number of nitrogens with zero attached hydrogens (tertiary/aromatic N) is 3. The fourth-order valence-corrected chi connectivity index (χ4v) is 5.51. The molecule has 0 radical (unpaired) electrons. The Balaban J connectivity index is 1.57. The third-order valence-electron chi connectivity index (χ3n) is 4.66. The predicted molar refractivity (Wildman–Crippen MR) is 111 cm³/mol. The number of nitrogens with one attached hydrogen (secondary N) is 3. The minimum absolute atomic E-state index is 0.147. The Hall–Kier alpha value is -2.38. The Morgan fingerprint density at radius 3 is 2.90 bits per heavy atom. The quantitative estimate of drug-likeness (QED) is 0.541. The summed E-state index contributed by atoms with van der Waals surface area (Å²) in [6, 6.07) is 2.07. The number of carbonyl (C=O) groups is 1. The molecular weight excluding hydrogens is 455 g/mol. The van der Waals surface area contributed by atoms with Gasteiger partial charge in [-0.3, -0.25) is 9.89 Å². The fourth-order valence-electron chi connectivity index (χ4n) is 3.04. The second kappa shape index (κ2) is 8.04. The molecule has 3 heterocycles. The molecule has 1 aliphatic heterocycles. The Morgan fingerprint density at radius 2 is 2.20 bits per heavy atom. The van der Waals surface area contributed by atoms with E-state index in [9.17, 15) is 17.6 Å². The molecule has 1 saturated heterocycles. The van der Waals surface area contributed by atoms with Crippen molar-refractivity contribution in [3.05, 3.63) is 52.6 Å². The third kappa shape index (κ3) is 4.09. The number of hydrogen-bond acceptors (Lipinski definition) is 6. The highest BCUT2D eigenvalue weighted by Crippen LogP contribution is 2.34. The van der Waals surface area contributed by atoms with Gasteiger partial charge in [0.2, 0.25) is 5.91 Å². The lowest BCUT2D eigenvalue weighted by atomic mass is 10.1. The third-order valence-corrected chi connectivity index (χ3v) is 7.71. The summed E-state index contributed by atoms with van der Waals surface area (Å²) in [6.45, 7) is 0. The van der Waals surface area contributed by atoms with Crippen molar-refractivity contribution in [1.82, 2.24) is 24.2 Å². The normalized spacial score (nSPS) is 21.4. The first-order valence-electron chi connectivity index (χ1n) is 8.70. The molecule has 13 heteroatoms. The first-order valence-corrected chi connectivity index (χ1v) is 11.3. The highest BCUT2D eigenvalue weighted by Gasteiger charge is 2.41. The van der Waals surface area contributed by atoms with Crippen LogP contribution in [-0.4, -0.2) is 46.9 Å². The molecule has 2 aromatic heterocycles. The summed E-state index contributed by atoms with van der Waals surface area (Å²) in [6.07, 6.45) is 5.14. The van der Waals surface area contributed by atoms with Crippen molar-refractivity contribution < 1.29 is 17.6 Å². The van der Waals surface area contributed by atoms with Crippen LogP contribution in [0.25, 0.3) is 10.4 Å². The van der Waals surface area contributed by atoms with Gasteiger partial charge in [0.25, 0.3) is 10.2 Å². The van der Waals surface area contributed by atoms with Gasteiger partial charge in [0.15, 0.2) is 0 Å². The maximum absolute atomic E-state index is 13.3. The number of H-pyrrole nitrogens is 1. The molecule has 1 amide bonds. The predicted octanol–water partition coefficient (Wildman–Crippen LogP) is 2.54. The molecule has 3 N–H and O–H groups in total. The second-order valence-electron chi connectivity index (χ2n) is 6.61. The van der Waals surface area contributed by atoms with Gasteiger partial charge >= 0.3 is 0 Å². The van der Waals surface area contributed by atoms with Crippen molar-refractivity contribution in [3.63, 3.8) is 0 Å². The van der Waals surface area contributed by atoms with Gasteiger partial charge in [0.1, 0.15) is 16.9 Å². The molecule has 1 fully saturated rings. The van der Waals surface area contributed by atoms with Crippen LogP contribution in [-0.2, 0) is 15.0 Å². The highest BCUT2D eigenvalue weighted by atomic mass is 35.5. The van der Waals surface area contributed by atoms with Gasteiger partial charge < -0.3 is 5.32 Å². The van der Waals surface area contributed by atoms with Crippen LogP contribution < -0.4 is 10.0 Å². The largest absolute Gasteiger partial charge is 0.325 e. The van der Waals surface area contributed by atoms with E-state index in [0.717, 1.165) is 20.8 Å². The number of rotatable bonds is 4. The number of benzene rings is 1. The van der Waals surface area contributed by atoms with Crippen LogP contribution in [0.1, 0.15) is 17.5 Å². The van der Waals surface area contributed by atoms with E-state index < -0.39 is 34.0 Å². The van der Waals surface area contributed by atoms with E-state index >= 15 is 0 Å². The lowest BCUT2D eigenvalue weighted by molar-refractivity contribution is -0.120. The van der Waals surface area contributed by atoms with E-state index in [0.29, 0.717) is 5.01 Å². The summed E-state index contributed by atoms with van der Waals surface area (Å²) >= 11 is 7.06. The van der Waals surface area contributed by atoms with Gasteiger partial charge in [0.05, 0.1) is 22.1 Å². The van der Waals surface area contributed by atoms with Crippen LogP contribution in [0.2, 0.25) is 5.02 Å².